The summed E-state index contributed by atoms with van der Waals surface area (Å²) in [5, 5.41) is 4.34. The first-order valence-corrected chi connectivity index (χ1v) is 9.75. The van der Waals surface area contributed by atoms with E-state index in [1.165, 1.54) is 11.1 Å². The molecule has 1 saturated carbocycles. The van der Waals surface area contributed by atoms with E-state index < -0.39 is 0 Å². The Morgan fingerprint density at radius 3 is 2.00 bits per heavy atom. The summed E-state index contributed by atoms with van der Waals surface area (Å²) in [5.41, 5.74) is 6.54. The Kier molecular flexibility index (Phi) is 5.17. The van der Waals surface area contributed by atoms with Crippen LogP contribution in [0.2, 0.25) is 0 Å². The van der Waals surface area contributed by atoms with Gasteiger partial charge in [0.05, 0.1) is 18.7 Å². The molecule has 1 aliphatic carbocycles. The maximum Gasteiger partial charge on any atom is 0.244 e. The number of nitrogens with one attached hydrogen (secondary N) is 1. The summed E-state index contributed by atoms with van der Waals surface area (Å²) in [5.74, 6) is 0.601. The lowest BCUT2D eigenvalue weighted by Crippen LogP contribution is -2.26. The van der Waals surface area contributed by atoms with E-state index in [-0.39, 0.29) is 17.2 Å². The fraction of sp³-hybridized carbons (Fsp3) is 0.200. The zero-order valence-electron chi connectivity index (χ0n) is 16.6. The van der Waals surface area contributed by atoms with Crippen molar-refractivity contribution in [2.75, 3.05) is 7.11 Å². The van der Waals surface area contributed by atoms with Gasteiger partial charge in [0.25, 0.3) is 0 Å². The molecule has 1 amide bonds. The summed E-state index contributed by atoms with van der Waals surface area (Å²) in [6, 6.07) is 28.1. The van der Waals surface area contributed by atoms with Crippen LogP contribution < -0.4 is 10.2 Å². The molecule has 146 valence electrons. The normalized spacial score (nSPS) is 17.4. The van der Waals surface area contributed by atoms with Gasteiger partial charge < -0.3 is 4.74 Å². The standard InChI is InChI=1S/C25H24N2O2/c1-18(19-13-15-22(29-2)16-14-19)26-27-24(28)23-17-25(23,20-9-5-3-6-10-20)21-11-7-4-8-12-21/h3-16,23H,17H2,1-2H3,(H,27,28). The van der Waals surface area contributed by atoms with Gasteiger partial charge in [0.15, 0.2) is 0 Å². The van der Waals surface area contributed by atoms with Crippen LogP contribution in [-0.4, -0.2) is 18.7 Å². The monoisotopic (exact) mass is 384 g/mol. The molecular formula is C25H24N2O2. The molecule has 3 aromatic rings. The SMILES string of the molecule is COc1ccc(C(C)=NNC(=O)C2CC2(c2ccccc2)c2ccccc2)cc1. The molecule has 1 unspecified atom stereocenters. The van der Waals surface area contributed by atoms with Crippen LogP contribution in [-0.2, 0) is 10.2 Å². The van der Waals surface area contributed by atoms with E-state index in [0.717, 1.165) is 23.4 Å². The molecule has 4 nitrogen and oxygen atoms in total. The molecule has 0 saturated heterocycles. The van der Waals surface area contributed by atoms with Crippen molar-refractivity contribution in [1.82, 2.24) is 5.43 Å². The molecule has 1 atom stereocenters. The van der Waals surface area contributed by atoms with Gasteiger partial charge in [-0.15, -0.1) is 0 Å². The second kappa shape index (κ2) is 7.92. The number of methoxy groups -OCH3 is 1. The average molecular weight is 384 g/mol. The molecule has 4 heteroatoms. The van der Waals surface area contributed by atoms with Gasteiger partial charge in [-0.1, -0.05) is 60.7 Å². The van der Waals surface area contributed by atoms with Crippen molar-refractivity contribution in [2.24, 2.45) is 11.0 Å². The van der Waals surface area contributed by atoms with E-state index in [4.69, 9.17) is 4.74 Å². The van der Waals surface area contributed by atoms with Crippen molar-refractivity contribution in [2.45, 2.75) is 18.8 Å². The highest BCUT2D eigenvalue weighted by molar-refractivity contribution is 5.99. The van der Waals surface area contributed by atoms with E-state index in [1.807, 2.05) is 67.6 Å². The van der Waals surface area contributed by atoms with Gasteiger partial charge in [0.2, 0.25) is 5.91 Å². The third-order valence-corrected chi connectivity index (χ3v) is 5.70. The molecule has 0 aliphatic heterocycles. The summed E-state index contributed by atoms with van der Waals surface area (Å²) >= 11 is 0. The van der Waals surface area contributed by atoms with Crippen molar-refractivity contribution < 1.29 is 9.53 Å². The van der Waals surface area contributed by atoms with E-state index >= 15 is 0 Å². The van der Waals surface area contributed by atoms with E-state index in [1.54, 1.807) is 7.11 Å². The molecule has 1 N–H and O–H groups in total. The molecule has 3 aromatic carbocycles. The largest absolute Gasteiger partial charge is 0.497 e. The van der Waals surface area contributed by atoms with Crippen molar-refractivity contribution >= 4 is 11.6 Å². The number of carbonyl (C=O) groups is 1. The van der Waals surface area contributed by atoms with Crippen LogP contribution in [0.25, 0.3) is 0 Å². The molecule has 0 spiro atoms. The molecule has 0 aromatic heterocycles. The number of ether oxygens (including phenoxy) is 1. The molecule has 0 heterocycles. The first-order valence-electron chi connectivity index (χ1n) is 9.75. The first-order chi connectivity index (χ1) is 14.1. The fourth-order valence-corrected chi connectivity index (χ4v) is 3.97. The zero-order chi connectivity index (χ0) is 20.3. The fourth-order valence-electron chi connectivity index (χ4n) is 3.97. The minimum atomic E-state index is -0.282. The number of benzene rings is 3. The second-order valence-electron chi connectivity index (χ2n) is 7.36. The van der Waals surface area contributed by atoms with Crippen LogP contribution in [0.15, 0.2) is 90.0 Å². The van der Waals surface area contributed by atoms with Crippen molar-refractivity contribution in [1.29, 1.82) is 0 Å². The summed E-state index contributed by atoms with van der Waals surface area (Å²) in [6.45, 7) is 1.89. The molecular weight excluding hydrogens is 360 g/mol. The van der Waals surface area contributed by atoms with Gasteiger partial charge in [0, 0.05) is 5.41 Å². The van der Waals surface area contributed by atoms with Gasteiger partial charge in [-0.3, -0.25) is 4.79 Å². The molecule has 4 rings (SSSR count). The Morgan fingerprint density at radius 1 is 0.931 bits per heavy atom. The number of amides is 1. The van der Waals surface area contributed by atoms with E-state index in [9.17, 15) is 4.79 Å². The highest BCUT2D eigenvalue weighted by Crippen LogP contribution is 2.58. The summed E-state index contributed by atoms with van der Waals surface area (Å²) in [6.07, 6.45) is 0.782. The predicted octanol–water partition coefficient (Wildman–Crippen LogP) is 4.54. The van der Waals surface area contributed by atoms with Crippen LogP contribution in [0.3, 0.4) is 0 Å². The van der Waals surface area contributed by atoms with Crippen molar-refractivity contribution in [3.63, 3.8) is 0 Å². The number of rotatable bonds is 6. The minimum absolute atomic E-state index is 0.0504. The van der Waals surface area contributed by atoms with Gasteiger partial charge in [-0.25, -0.2) is 5.43 Å². The first kappa shape index (κ1) is 18.9. The lowest BCUT2D eigenvalue weighted by molar-refractivity contribution is -0.122. The highest BCUT2D eigenvalue weighted by atomic mass is 16.5. The Balaban J connectivity index is 1.54. The maximum atomic E-state index is 13.0. The Bertz CT molecular complexity index is 972. The van der Waals surface area contributed by atoms with E-state index in [2.05, 4.69) is 34.8 Å². The maximum absolute atomic E-state index is 13.0. The zero-order valence-corrected chi connectivity index (χ0v) is 16.6. The van der Waals surface area contributed by atoms with Crippen molar-refractivity contribution in [3.05, 3.63) is 102 Å². The van der Waals surface area contributed by atoms with Gasteiger partial charge in [-0.05, 0) is 54.3 Å². The van der Waals surface area contributed by atoms with Gasteiger partial charge in [-0.2, -0.15) is 5.10 Å². The smallest absolute Gasteiger partial charge is 0.244 e. The number of nitrogens with zero attached hydrogens (tertiary/aromatic N) is 1. The Labute approximate surface area is 171 Å². The quantitative estimate of drug-likeness (QED) is 0.501. The average Bonchev–Trinajstić information content (AvgIpc) is 3.56. The van der Waals surface area contributed by atoms with Crippen molar-refractivity contribution in [3.8, 4) is 5.75 Å². The number of hydrazone groups is 1. The van der Waals surface area contributed by atoms with Gasteiger partial charge in [0.1, 0.15) is 5.75 Å². The molecule has 0 bridgehead atoms. The van der Waals surface area contributed by atoms with E-state index in [0.29, 0.717) is 0 Å². The summed E-state index contributed by atoms with van der Waals surface area (Å²) < 4.78 is 5.18. The Hall–Kier alpha value is -3.40. The highest BCUT2D eigenvalue weighted by Gasteiger charge is 2.60. The third kappa shape index (κ3) is 3.66. The lowest BCUT2D eigenvalue weighted by atomic mass is 9.85. The van der Waals surface area contributed by atoms with Crippen LogP contribution in [0.1, 0.15) is 30.0 Å². The topological polar surface area (TPSA) is 50.7 Å². The summed E-state index contributed by atoms with van der Waals surface area (Å²) in [4.78, 5) is 13.0. The lowest BCUT2D eigenvalue weighted by Gasteiger charge is -2.18. The van der Waals surface area contributed by atoms with Crippen LogP contribution in [0.5, 0.6) is 5.75 Å². The number of hydrogen-bond acceptors (Lipinski definition) is 3. The predicted molar refractivity (Wildman–Crippen MR) is 115 cm³/mol. The summed E-state index contributed by atoms with van der Waals surface area (Å²) in [7, 11) is 1.64. The number of carbonyl (C=O) groups excluding carboxylic acids is 1. The molecule has 29 heavy (non-hydrogen) atoms. The van der Waals surface area contributed by atoms with Gasteiger partial charge >= 0.3 is 0 Å². The molecule has 1 fully saturated rings. The van der Waals surface area contributed by atoms with Crippen LogP contribution in [0, 0.1) is 5.92 Å². The van der Waals surface area contributed by atoms with Crippen LogP contribution in [0.4, 0.5) is 0 Å². The Morgan fingerprint density at radius 2 is 1.48 bits per heavy atom. The third-order valence-electron chi connectivity index (χ3n) is 5.70. The van der Waals surface area contributed by atoms with Crippen LogP contribution >= 0.6 is 0 Å². The number of hydrogen-bond donors (Lipinski definition) is 1. The second-order valence-corrected chi connectivity index (χ2v) is 7.36. The minimum Gasteiger partial charge on any atom is -0.497 e. The molecule has 0 radical (unpaired) electrons. The molecule has 1 aliphatic rings.